The van der Waals surface area contributed by atoms with Crippen LogP contribution in [0.5, 0.6) is 5.75 Å². The van der Waals surface area contributed by atoms with Crippen LogP contribution in [0.4, 0.5) is 0 Å². The molecule has 4 aromatic carbocycles. The minimum atomic E-state index is -4.20. The van der Waals surface area contributed by atoms with Gasteiger partial charge in [0.25, 0.3) is 10.1 Å². The first kappa shape index (κ1) is 27.6. The fraction of sp³-hybridized carbons (Fsp3) is 0.273. The Hall–Kier alpha value is -3.41. The van der Waals surface area contributed by atoms with Crippen LogP contribution in [0.1, 0.15) is 61.1 Å². The molecule has 4 rings (SSSR count). The Kier molecular flexibility index (Phi) is 8.70. The van der Waals surface area contributed by atoms with E-state index in [2.05, 4.69) is 20.8 Å². The van der Waals surface area contributed by atoms with Crippen molar-refractivity contribution in [2.45, 2.75) is 57.5 Å². The number of rotatable bonds is 11. The lowest BCUT2D eigenvalue weighted by Gasteiger charge is -2.35. The van der Waals surface area contributed by atoms with E-state index in [1.54, 1.807) is 12.1 Å². The predicted octanol–water partition coefficient (Wildman–Crippen LogP) is 7.47. The molecule has 0 bridgehead atoms. The van der Waals surface area contributed by atoms with Gasteiger partial charge in [0.2, 0.25) is 0 Å². The summed E-state index contributed by atoms with van der Waals surface area (Å²) in [6, 6.07) is 30.5. The van der Waals surface area contributed by atoms with Crippen LogP contribution in [-0.4, -0.2) is 15.0 Å². The summed E-state index contributed by atoms with van der Waals surface area (Å²) in [5.41, 5.74) is 4.36. The van der Waals surface area contributed by atoms with Crippen LogP contribution < -0.4 is 4.74 Å². The van der Waals surface area contributed by atoms with Gasteiger partial charge in [0.1, 0.15) is 5.75 Å². The van der Waals surface area contributed by atoms with Crippen LogP contribution in [0.15, 0.2) is 102 Å². The van der Waals surface area contributed by atoms with Crippen LogP contribution in [0, 0.1) is 0 Å². The molecule has 0 saturated heterocycles. The molecule has 0 N–H and O–H groups in total. The summed E-state index contributed by atoms with van der Waals surface area (Å²) in [4.78, 5) is 0.0749. The van der Waals surface area contributed by atoms with Gasteiger partial charge < -0.3 is 4.74 Å². The van der Waals surface area contributed by atoms with Crippen LogP contribution in [-0.2, 0) is 39.2 Å². The maximum atomic E-state index is 13.9. The third-order valence-electron chi connectivity index (χ3n) is 6.96. The van der Waals surface area contributed by atoms with Gasteiger partial charge in [-0.15, -0.1) is 0 Å². The molecule has 0 heterocycles. The minimum Gasteiger partial charge on any atom is -0.494 e. The third kappa shape index (κ3) is 5.69. The average Bonchev–Trinajstić information content (AvgIpc) is 2.96. The first-order chi connectivity index (χ1) is 18.4. The van der Waals surface area contributed by atoms with Crippen molar-refractivity contribution < 1.29 is 17.3 Å². The molecule has 0 spiro atoms. The van der Waals surface area contributed by atoms with Crippen molar-refractivity contribution in [3.05, 3.63) is 130 Å². The van der Waals surface area contributed by atoms with Crippen molar-refractivity contribution in [3.8, 4) is 5.75 Å². The second kappa shape index (κ2) is 12.0. The molecule has 5 heteroatoms. The lowest BCUT2D eigenvalue weighted by molar-refractivity contribution is 0.164. The van der Waals surface area contributed by atoms with Gasteiger partial charge >= 0.3 is 0 Å². The van der Waals surface area contributed by atoms with Gasteiger partial charge in [-0.1, -0.05) is 93.6 Å². The van der Waals surface area contributed by atoms with Gasteiger partial charge in [0.05, 0.1) is 11.5 Å². The standard InChI is InChI=1S/C33H36O4S/c1-5-25-9-15-28(16-10-25)33(29-17-11-26(6-2)12-18-29,30-19-13-27(7-3)14-20-30)37-38(34,35)32-23-21-31(22-24-32)36-8-4/h9-24H,5-8H2,1-4H3. The van der Waals surface area contributed by atoms with E-state index in [9.17, 15) is 8.42 Å². The molecular formula is C33H36O4S. The molecule has 0 aliphatic carbocycles. The zero-order chi connectivity index (χ0) is 27.2. The van der Waals surface area contributed by atoms with E-state index in [4.69, 9.17) is 8.92 Å². The summed E-state index contributed by atoms with van der Waals surface area (Å²) in [6.45, 7) is 8.69. The molecule has 4 aromatic rings. The van der Waals surface area contributed by atoms with Crippen LogP contribution in [0.2, 0.25) is 0 Å². The molecule has 198 valence electrons. The molecule has 0 fully saturated rings. The van der Waals surface area contributed by atoms with Crippen molar-refractivity contribution in [3.63, 3.8) is 0 Å². The Morgan fingerprint density at radius 2 is 0.921 bits per heavy atom. The average molecular weight is 529 g/mol. The quantitative estimate of drug-likeness (QED) is 0.150. The minimum absolute atomic E-state index is 0.0749. The van der Waals surface area contributed by atoms with Crippen LogP contribution >= 0.6 is 0 Å². The molecule has 0 amide bonds. The van der Waals surface area contributed by atoms with E-state index >= 15 is 0 Å². The second-order valence-corrected chi connectivity index (χ2v) is 10.8. The Labute approximate surface area is 227 Å². The molecule has 0 radical (unpaired) electrons. The summed E-state index contributed by atoms with van der Waals surface area (Å²) in [5, 5.41) is 0. The summed E-state index contributed by atoms with van der Waals surface area (Å²) >= 11 is 0. The van der Waals surface area contributed by atoms with Gasteiger partial charge in [0.15, 0.2) is 5.60 Å². The second-order valence-electron chi connectivity index (χ2n) is 9.27. The largest absolute Gasteiger partial charge is 0.494 e. The normalized spacial score (nSPS) is 11.9. The van der Waals surface area contributed by atoms with Gasteiger partial charge in [-0.3, -0.25) is 0 Å². The van der Waals surface area contributed by atoms with E-state index in [0.717, 1.165) is 36.0 Å². The fourth-order valence-electron chi connectivity index (χ4n) is 4.65. The number of benzene rings is 4. The van der Waals surface area contributed by atoms with E-state index in [-0.39, 0.29) is 4.90 Å². The van der Waals surface area contributed by atoms with E-state index in [1.807, 2.05) is 79.7 Å². The van der Waals surface area contributed by atoms with Gasteiger partial charge in [-0.05, 0) is 83.8 Å². The molecule has 0 aliphatic rings. The predicted molar refractivity (Wildman–Crippen MR) is 153 cm³/mol. The summed E-state index contributed by atoms with van der Waals surface area (Å²) in [7, 11) is -4.20. The molecule has 0 aliphatic heterocycles. The van der Waals surface area contributed by atoms with E-state index in [1.165, 1.54) is 28.8 Å². The Balaban J connectivity index is 1.96. The summed E-state index contributed by atoms with van der Waals surface area (Å²) in [5.74, 6) is 0.609. The Bertz CT molecular complexity index is 1310. The van der Waals surface area contributed by atoms with Crippen molar-refractivity contribution in [1.82, 2.24) is 0 Å². The van der Waals surface area contributed by atoms with Gasteiger partial charge in [0, 0.05) is 0 Å². The highest BCUT2D eigenvalue weighted by Crippen LogP contribution is 2.43. The molecule has 0 saturated carbocycles. The van der Waals surface area contributed by atoms with Gasteiger partial charge in [-0.2, -0.15) is 8.42 Å². The zero-order valence-corrected chi connectivity index (χ0v) is 23.4. The molecular weight excluding hydrogens is 492 g/mol. The van der Waals surface area contributed by atoms with Crippen molar-refractivity contribution >= 4 is 10.1 Å². The SMILES string of the molecule is CCOc1ccc(S(=O)(=O)OC(c2ccc(CC)cc2)(c2ccc(CC)cc2)c2ccc(CC)cc2)cc1. The molecule has 0 atom stereocenters. The maximum absolute atomic E-state index is 13.9. The molecule has 38 heavy (non-hydrogen) atoms. The number of ether oxygens (including phenoxy) is 1. The fourth-order valence-corrected chi connectivity index (χ4v) is 5.84. The highest BCUT2D eigenvalue weighted by atomic mass is 32.2. The zero-order valence-electron chi connectivity index (χ0n) is 22.6. The van der Waals surface area contributed by atoms with Crippen molar-refractivity contribution in [2.75, 3.05) is 6.61 Å². The Morgan fingerprint density at radius 1 is 0.553 bits per heavy atom. The highest BCUT2D eigenvalue weighted by molar-refractivity contribution is 7.86. The smallest absolute Gasteiger partial charge is 0.298 e. The van der Waals surface area contributed by atoms with Gasteiger partial charge in [-0.25, -0.2) is 4.18 Å². The first-order valence-corrected chi connectivity index (χ1v) is 14.7. The number of hydrogen-bond acceptors (Lipinski definition) is 4. The summed E-state index contributed by atoms with van der Waals surface area (Å²) < 4.78 is 39.8. The first-order valence-electron chi connectivity index (χ1n) is 13.3. The number of aryl methyl sites for hydroxylation is 3. The monoisotopic (exact) mass is 528 g/mol. The highest BCUT2D eigenvalue weighted by Gasteiger charge is 2.43. The van der Waals surface area contributed by atoms with E-state index < -0.39 is 15.7 Å². The topological polar surface area (TPSA) is 52.6 Å². The Morgan fingerprint density at radius 3 is 1.24 bits per heavy atom. The summed E-state index contributed by atoms with van der Waals surface area (Å²) in [6.07, 6.45) is 2.65. The van der Waals surface area contributed by atoms with Crippen molar-refractivity contribution in [2.24, 2.45) is 0 Å². The van der Waals surface area contributed by atoms with Crippen LogP contribution in [0.3, 0.4) is 0 Å². The third-order valence-corrected chi connectivity index (χ3v) is 8.28. The lowest BCUT2D eigenvalue weighted by Crippen LogP contribution is -2.35. The van der Waals surface area contributed by atoms with E-state index in [0.29, 0.717) is 12.4 Å². The molecule has 4 nitrogen and oxygen atoms in total. The lowest BCUT2D eigenvalue weighted by atomic mass is 9.79. The maximum Gasteiger partial charge on any atom is 0.298 e. The number of hydrogen-bond donors (Lipinski definition) is 0. The van der Waals surface area contributed by atoms with Crippen LogP contribution in [0.25, 0.3) is 0 Å². The van der Waals surface area contributed by atoms with Crippen molar-refractivity contribution in [1.29, 1.82) is 0 Å². The molecule has 0 aromatic heterocycles. The molecule has 0 unspecified atom stereocenters.